The maximum absolute atomic E-state index is 2.66. The SMILES string of the molecule is Cc1cc2c3c(c1)-n1c4c(c5cccc(c51)B3c1ccc(N(c3ccccc3C)c3ccccc3C)cc1N2c1ccc(C(C)(C)C)cc1-c1ccccc1)C(C)(C)c1ccccc1-4. The highest BCUT2D eigenvalue weighted by Crippen LogP contribution is 2.55. The molecule has 0 atom stereocenters. The van der Waals surface area contributed by atoms with Gasteiger partial charge in [0.25, 0.3) is 6.71 Å². The Morgan fingerprint density at radius 2 is 1.22 bits per heavy atom. The molecule has 64 heavy (non-hydrogen) atoms. The summed E-state index contributed by atoms with van der Waals surface area (Å²) < 4.78 is 2.66. The molecule has 3 aliphatic rings. The van der Waals surface area contributed by atoms with E-state index in [1.54, 1.807) is 0 Å². The number of aryl methyl sites for hydroxylation is 3. The average Bonchev–Trinajstić information content (AvgIpc) is 3.77. The first kappa shape index (κ1) is 38.6. The van der Waals surface area contributed by atoms with Crippen molar-refractivity contribution < 1.29 is 0 Å². The lowest BCUT2D eigenvalue weighted by atomic mass is 9.33. The van der Waals surface area contributed by atoms with E-state index in [9.17, 15) is 0 Å². The van der Waals surface area contributed by atoms with Crippen LogP contribution in [0.25, 0.3) is 39.0 Å². The second-order valence-electron chi connectivity index (χ2n) is 20.0. The van der Waals surface area contributed by atoms with Crippen LogP contribution in [0, 0.1) is 20.8 Å². The number of rotatable bonds is 5. The third kappa shape index (κ3) is 5.41. The second kappa shape index (κ2) is 13.7. The molecule has 9 aromatic rings. The maximum atomic E-state index is 2.66. The summed E-state index contributed by atoms with van der Waals surface area (Å²) >= 11 is 0. The first-order chi connectivity index (χ1) is 30.9. The van der Waals surface area contributed by atoms with Gasteiger partial charge in [0.1, 0.15) is 0 Å². The maximum Gasteiger partial charge on any atom is 0.252 e. The van der Waals surface area contributed by atoms with Crippen LogP contribution in [0.3, 0.4) is 0 Å². The van der Waals surface area contributed by atoms with E-state index in [1.165, 1.54) is 117 Å². The molecule has 3 nitrogen and oxygen atoms in total. The van der Waals surface area contributed by atoms with Crippen LogP contribution in [0.4, 0.5) is 34.1 Å². The summed E-state index contributed by atoms with van der Waals surface area (Å²) in [6, 6.07) is 64.3. The van der Waals surface area contributed by atoms with Crippen LogP contribution >= 0.6 is 0 Å². The van der Waals surface area contributed by atoms with Crippen LogP contribution in [0.1, 0.15) is 68.0 Å². The van der Waals surface area contributed by atoms with E-state index in [0.717, 1.165) is 5.69 Å². The van der Waals surface area contributed by atoms with Gasteiger partial charge in [-0.2, -0.15) is 0 Å². The van der Waals surface area contributed by atoms with E-state index in [1.807, 2.05) is 0 Å². The number of nitrogens with zero attached hydrogens (tertiary/aromatic N) is 3. The van der Waals surface area contributed by atoms with Crippen molar-refractivity contribution in [3.63, 3.8) is 0 Å². The zero-order chi connectivity index (χ0) is 43.8. The Hall–Kier alpha value is -7.04. The normalized spacial score (nSPS) is 14.0. The van der Waals surface area contributed by atoms with Gasteiger partial charge in [-0.15, -0.1) is 0 Å². The van der Waals surface area contributed by atoms with Crippen molar-refractivity contribution in [3.05, 3.63) is 203 Å². The van der Waals surface area contributed by atoms with Crippen LogP contribution in [-0.2, 0) is 10.8 Å². The minimum absolute atomic E-state index is 0.0230. The predicted molar refractivity (Wildman–Crippen MR) is 273 cm³/mol. The molecule has 0 spiro atoms. The van der Waals surface area contributed by atoms with E-state index < -0.39 is 0 Å². The minimum Gasteiger partial charge on any atom is -0.311 e. The molecule has 0 saturated heterocycles. The van der Waals surface area contributed by atoms with Gasteiger partial charge in [-0.3, -0.25) is 0 Å². The van der Waals surface area contributed by atoms with Crippen molar-refractivity contribution in [1.82, 2.24) is 4.57 Å². The van der Waals surface area contributed by atoms with Gasteiger partial charge in [0.05, 0.1) is 11.4 Å². The molecule has 0 radical (unpaired) electrons. The van der Waals surface area contributed by atoms with Gasteiger partial charge < -0.3 is 14.4 Å². The number of aromatic nitrogens is 1. The van der Waals surface area contributed by atoms with E-state index in [0.29, 0.717) is 0 Å². The Morgan fingerprint density at radius 1 is 0.547 bits per heavy atom. The molecule has 310 valence electrons. The molecule has 0 saturated carbocycles. The van der Waals surface area contributed by atoms with E-state index >= 15 is 0 Å². The van der Waals surface area contributed by atoms with Crippen LogP contribution in [0.5, 0.6) is 0 Å². The Morgan fingerprint density at radius 3 is 1.94 bits per heavy atom. The lowest BCUT2D eigenvalue weighted by Gasteiger charge is -2.42. The Balaban J connectivity index is 1.21. The molecular formula is C60H52BN3. The van der Waals surface area contributed by atoms with Gasteiger partial charge in [0, 0.05) is 61.6 Å². The number of fused-ring (bicyclic) bond motifs is 9. The summed E-state index contributed by atoms with van der Waals surface area (Å²) in [5.41, 5.74) is 26.6. The molecule has 0 N–H and O–H groups in total. The Kier molecular flexibility index (Phi) is 8.29. The van der Waals surface area contributed by atoms with E-state index in [4.69, 9.17) is 0 Å². The van der Waals surface area contributed by atoms with Gasteiger partial charge >= 0.3 is 0 Å². The highest BCUT2D eigenvalue weighted by atomic mass is 15.2. The Labute approximate surface area is 378 Å². The zero-order valence-electron chi connectivity index (χ0n) is 38.1. The summed E-state index contributed by atoms with van der Waals surface area (Å²) in [5.74, 6) is 0. The van der Waals surface area contributed by atoms with Gasteiger partial charge in [-0.1, -0.05) is 156 Å². The van der Waals surface area contributed by atoms with Crippen molar-refractivity contribution in [1.29, 1.82) is 0 Å². The number of hydrogen-bond acceptors (Lipinski definition) is 2. The first-order valence-electron chi connectivity index (χ1n) is 22.9. The quantitative estimate of drug-likeness (QED) is 0.160. The molecule has 1 aromatic heterocycles. The standard InChI is InChI=1S/C60H52BN3/c1-37-33-53-56-54(34-37)64-57-44(55-58(64)43-23-14-15-25-46(43)60(55,7)8)24-18-26-48(57)61(56)47-31-30-42(62(49-27-16-12-19-38(49)2)50-28-17-13-20-39(50)3)36-52(47)63(53)51-32-29-41(59(4,5)6)35-45(51)40-21-10-9-11-22-40/h9-36H,1-8H3. The fourth-order valence-electron chi connectivity index (χ4n) is 11.6. The van der Waals surface area contributed by atoms with Crippen molar-refractivity contribution in [2.24, 2.45) is 0 Å². The van der Waals surface area contributed by atoms with Crippen LogP contribution in [-0.4, -0.2) is 11.3 Å². The molecule has 4 heteroatoms. The molecule has 0 bridgehead atoms. The fraction of sp³-hybridized carbons (Fsp3) is 0.167. The number of hydrogen-bond donors (Lipinski definition) is 0. The first-order valence-corrected chi connectivity index (χ1v) is 22.9. The van der Waals surface area contributed by atoms with Crippen LogP contribution < -0.4 is 26.2 Å². The molecule has 3 heterocycles. The largest absolute Gasteiger partial charge is 0.311 e. The summed E-state index contributed by atoms with van der Waals surface area (Å²) in [6.07, 6.45) is 0. The zero-order valence-corrected chi connectivity index (χ0v) is 38.1. The highest BCUT2D eigenvalue weighted by molar-refractivity contribution is 7.00. The Bertz CT molecular complexity index is 3360. The fourth-order valence-corrected chi connectivity index (χ4v) is 11.6. The van der Waals surface area contributed by atoms with E-state index in [-0.39, 0.29) is 17.5 Å². The average molecular weight is 826 g/mol. The molecule has 0 unspecified atom stereocenters. The lowest BCUT2D eigenvalue weighted by molar-refractivity contribution is 0.590. The van der Waals surface area contributed by atoms with Crippen molar-refractivity contribution >= 4 is 68.1 Å². The second-order valence-corrected chi connectivity index (χ2v) is 20.0. The summed E-state index contributed by atoms with van der Waals surface area (Å²) in [6.45, 7) is 18.6. The lowest BCUT2D eigenvalue weighted by Crippen LogP contribution is -2.60. The summed E-state index contributed by atoms with van der Waals surface area (Å²) in [5, 5.41) is 1.36. The molecule has 0 amide bonds. The number of anilines is 6. The van der Waals surface area contributed by atoms with Gasteiger partial charge in [0.15, 0.2) is 0 Å². The van der Waals surface area contributed by atoms with Gasteiger partial charge in [0.2, 0.25) is 0 Å². The van der Waals surface area contributed by atoms with Crippen molar-refractivity contribution in [2.45, 2.75) is 66.2 Å². The third-order valence-corrected chi connectivity index (χ3v) is 14.6. The molecule has 0 fully saturated rings. The number of benzene rings is 8. The molecule has 2 aliphatic heterocycles. The monoisotopic (exact) mass is 825 g/mol. The minimum atomic E-state index is -0.145. The smallest absolute Gasteiger partial charge is 0.252 e. The molecule has 1 aliphatic carbocycles. The highest BCUT2D eigenvalue weighted by Gasteiger charge is 2.47. The molecular weight excluding hydrogens is 773 g/mol. The van der Waals surface area contributed by atoms with Gasteiger partial charge in [-0.05, 0) is 130 Å². The van der Waals surface area contributed by atoms with Gasteiger partial charge in [-0.25, -0.2) is 0 Å². The number of para-hydroxylation sites is 3. The summed E-state index contributed by atoms with van der Waals surface area (Å²) in [4.78, 5) is 5.09. The topological polar surface area (TPSA) is 11.4 Å². The molecule has 12 rings (SSSR count). The van der Waals surface area contributed by atoms with Crippen molar-refractivity contribution in [2.75, 3.05) is 9.80 Å². The summed E-state index contributed by atoms with van der Waals surface area (Å²) in [7, 11) is 0. The predicted octanol–water partition coefficient (Wildman–Crippen LogP) is 13.9. The third-order valence-electron chi connectivity index (χ3n) is 14.6. The van der Waals surface area contributed by atoms with Crippen LogP contribution in [0.15, 0.2) is 170 Å². The molecule has 8 aromatic carbocycles. The van der Waals surface area contributed by atoms with E-state index in [2.05, 4.69) is 240 Å². The van der Waals surface area contributed by atoms with Crippen molar-refractivity contribution in [3.8, 4) is 28.1 Å². The van der Waals surface area contributed by atoms with Crippen LogP contribution in [0.2, 0.25) is 0 Å².